The van der Waals surface area contributed by atoms with Crippen LogP contribution in [0.3, 0.4) is 0 Å². The van der Waals surface area contributed by atoms with Gasteiger partial charge in [-0.2, -0.15) is 0 Å². The van der Waals surface area contributed by atoms with E-state index in [-0.39, 0.29) is 23.8 Å². The summed E-state index contributed by atoms with van der Waals surface area (Å²) in [5, 5.41) is 13.3. The van der Waals surface area contributed by atoms with Crippen molar-refractivity contribution < 1.29 is 9.72 Å². The van der Waals surface area contributed by atoms with Gasteiger partial charge in [0.25, 0.3) is 11.2 Å². The lowest BCUT2D eigenvalue weighted by Gasteiger charge is -2.27. The van der Waals surface area contributed by atoms with Gasteiger partial charge in [-0.25, -0.2) is 4.79 Å². The first-order valence-electron chi connectivity index (χ1n) is 7.15. The Morgan fingerprint density at radius 1 is 1.12 bits per heavy atom. The Kier molecular flexibility index (Phi) is 3.55. The predicted molar refractivity (Wildman–Crippen MR) is 85.1 cm³/mol. The second-order valence-corrected chi connectivity index (χ2v) is 5.62. The van der Waals surface area contributed by atoms with Crippen molar-refractivity contribution >= 4 is 17.4 Å². The first kappa shape index (κ1) is 15.7. The molecule has 0 saturated carbocycles. The number of aromatic nitrogens is 2. The minimum Gasteiger partial charge on any atom is -0.312 e. The van der Waals surface area contributed by atoms with Crippen LogP contribution in [0.2, 0.25) is 0 Å². The fourth-order valence-corrected chi connectivity index (χ4v) is 2.92. The minimum atomic E-state index is -0.569. The lowest BCUT2D eigenvalue weighted by atomic mass is 9.86. The number of carbonyl (C=O) groups excluding carboxylic acids is 1. The van der Waals surface area contributed by atoms with E-state index in [9.17, 15) is 24.5 Å². The number of hydrogen-bond donors (Lipinski definition) is 1. The van der Waals surface area contributed by atoms with Gasteiger partial charge in [0.2, 0.25) is 5.91 Å². The van der Waals surface area contributed by atoms with Gasteiger partial charge in [0.05, 0.1) is 10.5 Å². The molecule has 9 nitrogen and oxygen atoms in total. The average Bonchev–Trinajstić information content (AvgIpc) is 2.57. The molecular formula is C15H14N4O5. The first-order valence-corrected chi connectivity index (χ1v) is 7.15. The van der Waals surface area contributed by atoms with Crippen LogP contribution in [0.15, 0.2) is 33.9 Å². The highest BCUT2D eigenvalue weighted by molar-refractivity contribution is 5.94. The van der Waals surface area contributed by atoms with Crippen molar-refractivity contribution in [2.75, 3.05) is 5.32 Å². The number of amides is 1. The molecule has 0 bridgehead atoms. The van der Waals surface area contributed by atoms with Gasteiger partial charge in [-0.15, -0.1) is 0 Å². The van der Waals surface area contributed by atoms with E-state index in [1.54, 1.807) is 0 Å². The summed E-state index contributed by atoms with van der Waals surface area (Å²) < 4.78 is 2.20. The Hall–Kier alpha value is -3.23. The van der Waals surface area contributed by atoms with Crippen molar-refractivity contribution in [3.8, 4) is 0 Å². The summed E-state index contributed by atoms with van der Waals surface area (Å²) in [6, 6.07) is 5.70. The van der Waals surface area contributed by atoms with E-state index in [1.165, 1.54) is 42.9 Å². The zero-order valence-corrected chi connectivity index (χ0v) is 13.0. The molecule has 124 valence electrons. The van der Waals surface area contributed by atoms with Crippen LogP contribution in [0.4, 0.5) is 11.5 Å². The first-order chi connectivity index (χ1) is 11.3. The molecule has 3 rings (SSSR count). The second-order valence-electron chi connectivity index (χ2n) is 5.62. The summed E-state index contributed by atoms with van der Waals surface area (Å²) in [4.78, 5) is 46.8. The monoisotopic (exact) mass is 330 g/mol. The number of hydrogen-bond acceptors (Lipinski definition) is 5. The van der Waals surface area contributed by atoms with Gasteiger partial charge in [-0.05, 0) is 5.56 Å². The Morgan fingerprint density at radius 3 is 2.33 bits per heavy atom. The van der Waals surface area contributed by atoms with E-state index in [0.717, 1.165) is 4.57 Å². The molecule has 1 amide bonds. The summed E-state index contributed by atoms with van der Waals surface area (Å²) in [5.74, 6) is -0.725. The summed E-state index contributed by atoms with van der Waals surface area (Å²) in [7, 11) is 2.84. The zero-order valence-electron chi connectivity index (χ0n) is 13.0. The molecule has 1 aromatic carbocycles. The Balaban J connectivity index is 2.22. The van der Waals surface area contributed by atoms with Gasteiger partial charge < -0.3 is 5.32 Å². The standard InChI is InChI=1S/C15H14N4O5/c1-17-13-12(14(21)18(2)15(17)22)10(7-11(20)16-13)8-3-5-9(6-4-8)19(23)24/h3-6,10H,7H2,1-2H3,(H,16,20). The topological polar surface area (TPSA) is 116 Å². The molecule has 1 N–H and O–H groups in total. The van der Waals surface area contributed by atoms with Crippen molar-refractivity contribution in [2.45, 2.75) is 12.3 Å². The van der Waals surface area contributed by atoms with Gasteiger partial charge in [0, 0.05) is 38.6 Å². The van der Waals surface area contributed by atoms with Crippen LogP contribution in [0.25, 0.3) is 0 Å². The third-order valence-corrected chi connectivity index (χ3v) is 4.20. The molecule has 0 spiro atoms. The SMILES string of the molecule is Cn1c2c(c(=O)n(C)c1=O)C(c1ccc([N+](=O)[O-])cc1)CC(=O)N2. The second kappa shape index (κ2) is 5.44. The van der Waals surface area contributed by atoms with Gasteiger partial charge in [-0.1, -0.05) is 12.1 Å². The van der Waals surface area contributed by atoms with E-state index in [2.05, 4.69) is 5.32 Å². The van der Waals surface area contributed by atoms with Gasteiger partial charge in [0.1, 0.15) is 5.82 Å². The highest BCUT2D eigenvalue weighted by Crippen LogP contribution is 2.34. The lowest BCUT2D eigenvalue weighted by molar-refractivity contribution is -0.384. The number of benzene rings is 1. The predicted octanol–water partition coefficient (Wildman–Crippen LogP) is 0.466. The maximum atomic E-state index is 12.5. The molecule has 0 saturated heterocycles. The molecule has 1 aliphatic rings. The van der Waals surface area contributed by atoms with E-state index in [0.29, 0.717) is 11.1 Å². The molecule has 24 heavy (non-hydrogen) atoms. The van der Waals surface area contributed by atoms with Gasteiger partial charge >= 0.3 is 5.69 Å². The number of anilines is 1. The third kappa shape index (κ3) is 2.30. The molecule has 0 fully saturated rings. The largest absolute Gasteiger partial charge is 0.332 e. The van der Waals surface area contributed by atoms with Crippen molar-refractivity contribution in [2.24, 2.45) is 14.1 Å². The van der Waals surface area contributed by atoms with Gasteiger partial charge in [-0.3, -0.25) is 28.8 Å². The normalized spacial score (nSPS) is 16.4. The molecule has 2 aromatic rings. The number of nitro groups is 1. The minimum absolute atomic E-state index is 0.0260. The number of nitrogens with one attached hydrogen (secondary N) is 1. The number of nitrogens with zero attached hydrogens (tertiary/aromatic N) is 3. The number of rotatable bonds is 2. The molecular weight excluding hydrogens is 316 g/mol. The number of non-ortho nitro benzene ring substituents is 1. The van der Waals surface area contributed by atoms with Crippen LogP contribution in [0.5, 0.6) is 0 Å². The third-order valence-electron chi connectivity index (χ3n) is 4.20. The van der Waals surface area contributed by atoms with Crippen molar-refractivity contribution in [1.29, 1.82) is 0 Å². The van der Waals surface area contributed by atoms with Crippen molar-refractivity contribution in [1.82, 2.24) is 9.13 Å². The number of fused-ring (bicyclic) bond motifs is 1. The molecule has 1 aromatic heterocycles. The summed E-state index contributed by atoms with van der Waals surface area (Å²) >= 11 is 0. The van der Waals surface area contributed by atoms with E-state index < -0.39 is 22.1 Å². The van der Waals surface area contributed by atoms with Crippen LogP contribution in [-0.4, -0.2) is 20.0 Å². The summed E-state index contributed by atoms with van der Waals surface area (Å²) in [6.07, 6.45) is 0.0260. The Morgan fingerprint density at radius 2 is 1.75 bits per heavy atom. The van der Waals surface area contributed by atoms with Crippen LogP contribution in [0.1, 0.15) is 23.5 Å². The maximum Gasteiger partial charge on any atom is 0.332 e. The van der Waals surface area contributed by atoms with Crippen molar-refractivity contribution in [3.63, 3.8) is 0 Å². The quantitative estimate of drug-likeness (QED) is 0.634. The highest BCUT2D eigenvalue weighted by Gasteiger charge is 2.32. The summed E-state index contributed by atoms with van der Waals surface area (Å²) in [5.41, 5.74) is -0.201. The molecule has 1 unspecified atom stereocenters. The van der Waals surface area contributed by atoms with E-state index in [4.69, 9.17) is 0 Å². The molecule has 9 heteroatoms. The number of carbonyl (C=O) groups is 1. The fourth-order valence-electron chi connectivity index (χ4n) is 2.92. The molecule has 0 radical (unpaired) electrons. The molecule has 2 heterocycles. The summed E-state index contributed by atoms with van der Waals surface area (Å²) in [6.45, 7) is 0. The van der Waals surface area contributed by atoms with Crippen LogP contribution in [0, 0.1) is 10.1 Å². The Bertz CT molecular complexity index is 971. The van der Waals surface area contributed by atoms with Crippen molar-refractivity contribution in [3.05, 3.63) is 66.3 Å². The number of nitro benzene ring substituents is 1. The average molecular weight is 330 g/mol. The lowest BCUT2D eigenvalue weighted by Crippen LogP contribution is -2.44. The highest BCUT2D eigenvalue weighted by atomic mass is 16.6. The van der Waals surface area contributed by atoms with Crippen LogP contribution in [-0.2, 0) is 18.9 Å². The molecule has 1 aliphatic heterocycles. The Labute approximate surface area is 135 Å². The van der Waals surface area contributed by atoms with Crippen LogP contribution < -0.4 is 16.6 Å². The fraction of sp³-hybridized carbons (Fsp3) is 0.267. The maximum absolute atomic E-state index is 12.5. The van der Waals surface area contributed by atoms with Crippen LogP contribution >= 0.6 is 0 Å². The smallest absolute Gasteiger partial charge is 0.312 e. The molecule has 0 aliphatic carbocycles. The van der Waals surface area contributed by atoms with Gasteiger partial charge in [0.15, 0.2) is 0 Å². The molecule has 1 atom stereocenters. The van der Waals surface area contributed by atoms with E-state index in [1.807, 2.05) is 0 Å². The van der Waals surface area contributed by atoms with E-state index >= 15 is 0 Å². The zero-order chi connectivity index (χ0) is 17.6.